The summed E-state index contributed by atoms with van der Waals surface area (Å²) >= 11 is 0. The van der Waals surface area contributed by atoms with Crippen molar-refractivity contribution in [2.24, 2.45) is 11.8 Å². The summed E-state index contributed by atoms with van der Waals surface area (Å²) in [6.45, 7) is 8.41. The Labute approximate surface area is 102 Å². The fourth-order valence-electron chi connectivity index (χ4n) is 3.64. The molecular formula is C15H20O2. The number of hydrogen-bond acceptors (Lipinski definition) is 2. The highest BCUT2D eigenvalue weighted by molar-refractivity contribution is 5.36. The zero-order chi connectivity index (χ0) is 12.2. The first-order valence-corrected chi connectivity index (χ1v) is 6.48. The average molecular weight is 232 g/mol. The highest BCUT2D eigenvalue weighted by atomic mass is 16.3. The zero-order valence-electron chi connectivity index (χ0n) is 10.6. The SMILES string of the molecule is C=C1Cc2occ(C)c2C[C@]2(O)[C@@H](C)CC[C@@H]12. The second kappa shape index (κ2) is 3.49. The molecule has 0 amide bonds. The highest BCUT2D eigenvalue weighted by Gasteiger charge is 2.49. The molecular weight excluding hydrogens is 212 g/mol. The number of aliphatic hydroxyl groups is 1. The van der Waals surface area contributed by atoms with Crippen molar-refractivity contribution in [2.45, 2.75) is 45.1 Å². The lowest BCUT2D eigenvalue weighted by Gasteiger charge is -2.33. The number of furan rings is 1. The Bertz CT molecular complexity index is 471. The van der Waals surface area contributed by atoms with Crippen LogP contribution in [0.4, 0.5) is 0 Å². The van der Waals surface area contributed by atoms with Crippen LogP contribution in [0.25, 0.3) is 0 Å². The lowest BCUT2D eigenvalue weighted by Crippen LogP contribution is -2.40. The van der Waals surface area contributed by atoms with Crippen molar-refractivity contribution >= 4 is 0 Å². The predicted octanol–water partition coefficient (Wildman–Crippen LogP) is 3.02. The van der Waals surface area contributed by atoms with Gasteiger partial charge in [-0.05, 0) is 36.8 Å². The molecule has 2 aliphatic rings. The van der Waals surface area contributed by atoms with Crippen LogP contribution in [0.2, 0.25) is 0 Å². The van der Waals surface area contributed by atoms with Crippen LogP contribution in [0.15, 0.2) is 22.8 Å². The third-order valence-electron chi connectivity index (χ3n) is 4.88. The highest BCUT2D eigenvalue weighted by Crippen LogP contribution is 2.49. The molecule has 0 radical (unpaired) electrons. The van der Waals surface area contributed by atoms with E-state index in [9.17, 15) is 5.11 Å². The summed E-state index contributed by atoms with van der Waals surface area (Å²) in [5.41, 5.74) is 2.92. The average Bonchev–Trinajstić information content (AvgIpc) is 2.70. The maximum absolute atomic E-state index is 11.0. The van der Waals surface area contributed by atoms with Crippen LogP contribution >= 0.6 is 0 Å². The number of rotatable bonds is 0. The summed E-state index contributed by atoms with van der Waals surface area (Å²) in [5.74, 6) is 1.62. The molecule has 0 aromatic carbocycles. The third-order valence-corrected chi connectivity index (χ3v) is 4.88. The van der Waals surface area contributed by atoms with E-state index >= 15 is 0 Å². The topological polar surface area (TPSA) is 33.4 Å². The summed E-state index contributed by atoms with van der Waals surface area (Å²) in [6, 6.07) is 0. The van der Waals surface area contributed by atoms with Crippen LogP contribution in [0.1, 0.15) is 36.7 Å². The molecule has 2 nitrogen and oxygen atoms in total. The quantitative estimate of drug-likeness (QED) is 0.697. The van der Waals surface area contributed by atoms with Gasteiger partial charge in [0.15, 0.2) is 0 Å². The molecule has 3 rings (SSSR count). The van der Waals surface area contributed by atoms with Crippen molar-refractivity contribution in [3.63, 3.8) is 0 Å². The minimum absolute atomic E-state index is 0.250. The second-order valence-corrected chi connectivity index (χ2v) is 5.85. The van der Waals surface area contributed by atoms with Gasteiger partial charge in [-0.3, -0.25) is 0 Å². The van der Waals surface area contributed by atoms with Crippen LogP contribution in [-0.2, 0) is 12.8 Å². The Kier molecular flexibility index (Phi) is 2.27. The van der Waals surface area contributed by atoms with Crippen LogP contribution < -0.4 is 0 Å². The van der Waals surface area contributed by atoms with Crippen LogP contribution in [0.5, 0.6) is 0 Å². The fourth-order valence-corrected chi connectivity index (χ4v) is 3.64. The van der Waals surface area contributed by atoms with E-state index < -0.39 is 5.60 Å². The van der Waals surface area contributed by atoms with Gasteiger partial charge in [-0.15, -0.1) is 0 Å². The largest absolute Gasteiger partial charge is 0.468 e. The van der Waals surface area contributed by atoms with Gasteiger partial charge >= 0.3 is 0 Å². The maximum atomic E-state index is 11.0. The molecule has 1 heterocycles. The van der Waals surface area contributed by atoms with E-state index in [-0.39, 0.29) is 5.92 Å². The van der Waals surface area contributed by atoms with Crippen molar-refractivity contribution in [2.75, 3.05) is 0 Å². The molecule has 0 unspecified atom stereocenters. The molecule has 2 heteroatoms. The first-order chi connectivity index (χ1) is 8.02. The normalized spacial score (nSPS) is 36.5. The summed E-state index contributed by atoms with van der Waals surface area (Å²) in [6.07, 6.45) is 5.51. The van der Waals surface area contributed by atoms with E-state index in [1.807, 2.05) is 0 Å². The minimum Gasteiger partial charge on any atom is -0.468 e. The standard InChI is InChI=1S/C15H20O2/c1-9-6-14-12(10(2)8-17-14)7-15(16)11(3)4-5-13(9)15/h8,11,13,16H,1,4-7H2,2-3H3/t11-,13-,15-/m0/s1. The van der Waals surface area contributed by atoms with Crippen LogP contribution in [0, 0.1) is 18.8 Å². The van der Waals surface area contributed by atoms with Gasteiger partial charge in [0.1, 0.15) is 5.76 Å². The molecule has 3 atom stereocenters. The fraction of sp³-hybridized carbons (Fsp3) is 0.600. The number of hydrogen-bond donors (Lipinski definition) is 1. The predicted molar refractivity (Wildman–Crippen MR) is 66.8 cm³/mol. The van der Waals surface area contributed by atoms with E-state index in [0.717, 1.165) is 37.0 Å². The molecule has 2 aliphatic carbocycles. The third kappa shape index (κ3) is 1.43. The maximum Gasteiger partial charge on any atom is 0.111 e. The molecule has 0 bridgehead atoms. The zero-order valence-corrected chi connectivity index (χ0v) is 10.6. The number of aryl methyl sites for hydroxylation is 1. The molecule has 0 aliphatic heterocycles. The first-order valence-electron chi connectivity index (χ1n) is 6.48. The minimum atomic E-state index is -0.600. The Balaban J connectivity index is 2.10. The van der Waals surface area contributed by atoms with E-state index in [1.54, 1.807) is 6.26 Å². The van der Waals surface area contributed by atoms with E-state index in [4.69, 9.17) is 4.42 Å². The summed E-state index contributed by atoms with van der Waals surface area (Å²) in [7, 11) is 0. The van der Waals surface area contributed by atoms with Gasteiger partial charge in [0.25, 0.3) is 0 Å². The molecule has 0 saturated heterocycles. The van der Waals surface area contributed by atoms with Crippen molar-refractivity contribution in [1.82, 2.24) is 0 Å². The van der Waals surface area contributed by atoms with Crippen LogP contribution in [0.3, 0.4) is 0 Å². The molecule has 1 aromatic rings. The van der Waals surface area contributed by atoms with Crippen molar-refractivity contribution in [3.8, 4) is 0 Å². The summed E-state index contributed by atoms with van der Waals surface area (Å²) in [4.78, 5) is 0. The molecule has 17 heavy (non-hydrogen) atoms. The summed E-state index contributed by atoms with van der Waals surface area (Å²) < 4.78 is 5.61. The Morgan fingerprint density at radius 2 is 2.24 bits per heavy atom. The molecule has 92 valence electrons. The first kappa shape index (κ1) is 11.1. The van der Waals surface area contributed by atoms with Gasteiger partial charge in [0, 0.05) is 18.8 Å². The Hall–Kier alpha value is -1.02. The van der Waals surface area contributed by atoms with Gasteiger partial charge in [-0.25, -0.2) is 0 Å². The van der Waals surface area contributed by atoms with Crippen molar-refractivity contribution < 1.29 is 9.52 Å². The molecule has 1 saturated carbocycles. The van der Waals surface area contributed by atoms with Gasteiger partial charge in [-0.2, -0.15) is 0 Å². The molecule has 1 N–H and O–H groups in total. The van der Waals surface area contributed by atoms with Gasteiger partial charge in [0.2, 0.25) is 0 Å². The van der Waals surface area contributed by atoms with E-state index in [0.29, 0.717) is 5.92 Å². The van der Waals surface area contributed by atoms with Gasteiger partial charge in [0.05, 0.1) is 11.9 Å². The monoisotopic (exact) mass is 232 g/mol. The van der Waals surface area contributed by atoms with Crippen LogP contribution in [-0.4, -0.2) is 10.7 Å². The van der Waals surface area contributed by atoms with Crippen molar-refractivity contribution in [1.29, 1.82) is 0 Å². The Morgan fingerprint density at radius 1 is 1.47 bits per heavy atom. The van der Waals surface area contributed by atoms with E-state index in [2.05, 4.69) is 20.4 Å². The number of fused-ring (bicyclic) bond motifs is 2. The van der Waals surface area contributed by atoms with Gasteiger partial charge < -0.3 is 9.52 Å². The second-order valence-electron chi connectivity index (χ2n) is 5.85. The van der Waals surface area contributed by atoms with Gasteiger partial charge in [-0.1, -0.05) is 19.1 Å². The molecule has 1 fully saturated rings. The Morgan fingerprint density at radius 3 is 3.00 bits per heavy atom. The molecule has 1 aromatic heterocycles. The smallest absolute Gasteiger partial charge is 0.111 e. The molecule has 0 spiro atoms. The summed E-state index contributed by atoms with van der Waals surface area (Å²) in [5, 5.41) is 11.0. The van der Waals surface area contributed by atoms with E-state index in [1.165, 1.54) is 11.1 Å². The van der Waals surface area contributed by atoms with Crippen molar-refractivity contribution in [3.05, 3.63) is 35.3 Å². The lowest BCUT2D eigenvalue weighted by atomic mass is 9.78. The lowest BCUT2D eigenvalue weighted by molar-refractivity contribution is -0.0180.